The molecule has 0 saturated carbocycles. The number of rotatable bonds is 4. The van der Waals surface area contributed by atoms with E-state index in [1.165, 1.54) is 18.8 Å². The van der Waals surface area contributed by atoms with Crippen LogP contribution in [-0.2, 0) is 9.59 Å². The van der Waals surface area contributed by atoms with Gasteiger partial charge in [0.25, 0.3) is 11.8 Å². The molecule has 0 N–H and O–H groups in total. The molecule has 2 aromatic carbocycles. The first-order chi connectivity index (χ1) is 11.1. The highest BCUT2D eigenvalue weighted by molar-refractivity contribution is 8.04. The summed E-state index contributed by atoms with van der Waals surface area (Å²) in [5.41, 5.74) is 1.03. The SMILES string of the molecule is COc1ccccc1C1=C(Sc2ccccc2)C(=O)N(C)C1=O. The van der Waals surface area contributed by atoms with Crippen molar-refractivity contribution in [3.8, 4) is 5.75 Å². The lowest BCUT2D eigenvalue weighted by molar-refractivity contribution is -0.134. The van der Waals surface area contributed by atoms with E-state index in [2.05, 4.69) is 0 Å². The van der Waals surface area contributed by atoms with Crippen LogP contribution in [0.15, 0.2) is 64.4 Å². The summed E-state index contributed by atoms with van der Waals surface area (Å²) in [5.74, 6) is -0.0206. The Balaban J connectivity index is 2.14. The van der Waals surface area contributed by atoms with Crippen molar-refractivity contribution in [1.82, 2.24) is 4.90 Å². The van der Waals surface area contributed by atoms with E-state index in [-0.39, 0.29) is 11.8 Å². The first kappa shape index (κ1) is 15.4. The van der Waals surface area contributed by atoms with Crippen LogP contribution < -0.4 is 4.74 Å². The number of nitrogens with zero attached hydrogens (tertiary/aromatic N) is 1. The topological polar surface area (TPSA) is 46.6 Å². The van der Waals surface area contributed by atoms with Crippen molar-refractivity contribution in [1.29, 1.82) is 0 Å². The number of likely N-dealkylation sites (N-methyl/N-ethyl adjacent to an activating group) is 1. The lowest BCUT2D eigenvalue weighted by atomic mass is 10.1. The van der Waals surface area contributed by atoms with Gasteiger partial charge in [-0.15, -0.1) is 0 Å². The van der Waals surface area contributed by atoms with Crippen LogP contribution in [0.3, 0.4) is 0 Å². The summed E-state index contributed by atoms with van der Waals surface area (Å²) in [5, 5.41) is 0. The fraction of sp³-hybridized carbons (Fsp3) is 0.111. The molecule has 4 nitrogen and oxygen atoms in total. The number of ether oxygens (including phenoxy) is 1. The highest BCUT2D eigenvalue weighted by Crippen LogP contribution is 2.41. The molecule has 1 aliphatic rings. The molecule has 0 atom stereocenters. The second-order valence-corrected chi connectivity index (χ2v) is 6.07. The summed E-state index contributed by atoms with van der Waals surface area (Å²) in [6.07, 6.45) is 0. The molecule has 0 bridgehead atoms. The third-order valence-electron chi connectivity index (χ3n) is 3.58. The van der Waals surface area contributed by atoms with E-state index in [4.69, 9.17) is 4.74 Å². The minimum Gasteiger partial charge on any atom is -0.496 e. The van der Waals surface area contributed by atoms with E-state index in [0.29, 0.717) is 21.8 Å². The van der Waals surface area contributed by atoms with Crippen LogP contribution in [0, 0.1) is 0 Å². The van der Waals surface area contributed by atoms with Gasteiger partial charge in [0.05, 0.1) is 17.6 Å². The van der Waals surface area contributed by atoms with Gasteiger partial charge in [0.2, 0.25) is 0 Å². The van der Waals surface area contributed by atoms with Crippen molar-refractivity contribution in [2.45, 2.75) is 4.90 Å². The van der Waals surface area contributed by atoms with Gasteiger partial charge in [-0.3, -0.25) is 14.5 Å². The number of hydrogen-bond acceptors (Lipinski definition) is 4. The molecule has 0 unspecified atom stereocenters. The van der Waals surface area contributed by atoms with E-state index < -0.39 is 0 Å². The second kappa shape index (κ2) is 6.30. The molecular weight excluding hydrogens is 310 g/mol. The summed E-state index contributed by atoms with van der Waals surface area (Å²) in [6, 6.07) is 16.8. The lowest BCUT2D eigenvalue weighted by Gasteiger charge is -2.10. The Labute approximate surface area is 138 Å². The average Bonchev–Trinajstić information content (AvgIpc) is 2.80. The molecule has 0 saturated heterocycles. The summed E-state index contributed by atoms with van der Waals surface area (Å²) < 4.78 is 5.35. The van der Waals surface area contributed by atoms with Crippen molar-refractivity contribution in [2.24, 2.45) is 0 Å². The molecule has 2 amide bonds. The van der Waals surface area contributed by atoms with Crippen molar-refractivity contribution in [3.05, 3.63) is 65.1 Å². The van der Waals surface area contributed by atoms with Crippen LogP contribution in [-0.4, -0.2) is 30.9 Å². The zero-order chi connectivity index (χ0) is 16.4. The minimum absolute atomic E-state index is 0.287. The Morgan fingerprint density at radius 1 is 0.913 bits per heavy atom. The maximum Gasteiger partial charge on any atom is 0.268 e. The number of carbonyl (C=O) groups is 2. The first-order valence-corrected chi connectivity index (χ1v) is 7.88. The second-order valence-electron chi connectivity index (χ2n) is 4.99. The minimum atomic E-state index is -0.307. The zero-order valence-electron chi connectivity index (χ0n) is 12.8. The van der Waals surface area contributed by atoms with E-state index in [0.717, 1.165) is 9.80 Å². The quantitative estimate of drug-likeness (QED) is 0.810. The molecule has 5 heteroatoms. The van der Waals surface area contributed by atoms with Gasteiger partial charge in [0, 0.05) is 17.5 Å². The Morgan fingerprint density at radius 2 is 1.57 bits per heavy atom. The van der Waals surface area contributed by atoms with Crippen molar-refractivity contribution >= 4 is 29.1 Å². The standard InChI is InChI=1S/C18H15NO3S/c1-19-17(20)15(13-10-6-7-11-14(13)22-2)16(18(19)21)23-12-8-4-3-5-9-12/h3-11H,1-2H3. The third kappa shape index (κ3) is 2.75. The highest BCUT2D eigenvalue weighted by Gasteiger charge is 2.38. The van der Waals surface area contributed by atoms with Gasteiger partial charge in [0.15, 0.2) is 0 Å². The number of hydrogen-bond donors (Lipinski definition) is 0. The van der Waals surface area contributed by atoms with Gasteiger partial charge < -0.3 is 4.74 Å². The van der Waals surface area contributed by atoms with Crippen molar-refractivity contribution in [3.63, 3.8) is 0 Å². The normalized spacial score (nSPS) is 14.6. The van der Waals surface area contributed by atoms with Gasteiger partial charge in [-0.25, -0.2) is 0 Å². The summed E-state index contributed by atoms with van der Waals surface area (Å²) in [4.78, 5) is 27.5. The molecular formula is C18H15NO3S. The molecule has 1 aliphatic heterocycles. The van der Waals surface area contributed by atoms with Crippen LogP contribution in [0.25, 0.3) is 5.57 Å². The van der Waals surface area contributed by atoms with E-state index >= 15 is 0 Å². The maximum atomic E-state index is 12.6. The highest BCUT2D eigenvalue weighted by atomic mass is 32.2. The lowest BCUT2D eigenvalue weighted by Crippen LogP contribution is -2.26. The molecule has 116 valence electrons. The predicted molar refractivity (Wildman–Crippen MR) is 90.0 cm³/mol. The van der Waals surface area contributed by atoms with E-state index in [1.807, 2.05) is 42.5 Å². The van der Waals surface area contributed by atoms with Gasteiger partial charge in [-0.2, -0.15) is 0 Å². The van der Waals surface area contributed by atoms with E-state index in [9.17, 15) is 9.59 Å². The molecule has 0 aromatic heterocycles. The molecule has 0 radical (unpaired) electrons. The molecule has 0 spiro atoms. The largest absolute Gasteiger partial charge is 0.496 e. The molecule has 1 heterocycles. The van der Waals surface area contributed by atoms with Gasteiger partial charge in [0.1, 0.15) is 5.75 Å². The fourth-order valence-corrected chi connectivity index (χ4v) is 3.46. The van der Waals surface area contributed by atoms with Gasteiger partial charge >= 0.3 is 0 Å². The monoisotopic (exact) mass is 325 g/mol. The molecule has 3 rings (SSSR count). The Morgan fingerprint density at radius 3 is 2.26 bits per heavy atom. The zero-order valence-corrected chi connectivity index (χ0v) is 13.6. The first-order valence-electron chi connectivity index (χ1n) is 7.06. The van der Waals surface area contributed by atoms with Gasteiger partial charge in [-0.1, -0.05) is 48.2 Å². The Hall–Kier alpha value is -2.53. The molecule has 0 fully saturated rings. The van der Waals surface area contributed by atoms with Crippen LogP contribution >= 0.6 is 11.8 Å². The number of carbonyl (C=O) groups excluding carboxylic acids is 2. The van der Waals surface area contributed by atoms with Crippen LogP contribution in [0.5, 0.6) is 5.75 Å². The fourth-order valence-electron chi connectivity index (χ4n) is 2.41. The maximum absolute atomic E-state index is 12.6. The van der Waals surface area contributed by atoms with Crippen molar-refractivity contribution < 1.29 is 14.3 Å². The summed E-state index contributed by atoms with van der Waals surface area (Å²) in [6.45, 7) is 0. The predicted octanol–water partition coefficient (Wildman–Crippen LogP) is 3.20. The number of methoxy groups -OCH3 is 1. The molecule has 23 heavy (non-hydrogen) atoms. The number of amides is 2. The number of imide groups is 1. The van der Waals surface area contributed by atoms with Crippen LogP contribution in [0.1, 0.15) is 5.56 Å². The van der Waals surface area contributed by atoms with Crippen LogP contribution in [0.4, 0.5) is 0 Å². The smallest absolute Gasteiger partial charge is 0.268 e. The van der Waals surface area contributed by atoms with Crippen LogP contribution in [0.2, 0.25) is 0 Å². The number of benzene rings is 2. The van der Waals surface area contributed by atoms with Crippen molar-refractivity contribution in [2.75, 3.05) is 14.2 Å². The molecule has 0 aliphatic carbocycles. The molecule has 2 aromatic rings. The van der Waals surface area contributed by atoms with E-state index in [1.54, 1.807) is 19.2 Å². The Bertz CT molecular complexity index is 799. The third-order valence-corrected chi connectivity index (χ3v) is 4.67. The van der Waals surface area contributed by atoms with Gasteiger partial charge in [-0.05, 0) is 18.2 Å². The average molecular weight is 325 g/mol. The Kier molecular flexibility index (Phi) is 4.21. The summed E-state index contributed by atoms with van der Waals surface area (Å²) >= 11 is 1.30. The number of thioether (sulfide) groups is 1. The summed E-state index contributed by atoms with van der Waals surface area (Å²) in [7, 11) is 3.05. The number of para-hydroxylation sites is 1.